The minimum atomic E-state index is -4.02. The van der Waals surface area contributed by atoms with E-state index in [1.54, 1.807) is 0 Å². The van der Waals surface area contributed by atoms with Gasteiger partial charge in [0.15, 0.2) is 0 Å². The molecule has 0 aromatic carbocycles. The van der Waals surface area contributed by atoms with Crippen LogP contribution in [0, 0.1) is 65.1 Å². The van der Waals surface area contributed by atoms with E-state index in [9.17, 15) is 38.9 Å². The molecule has 9 nitrogen and oxygen atoms in total. The Morgan fingerprint density at radius 2 is 1.19 bits per heavy atom. The SMILES string of the molecule is CC1CC2CC(CCCS(=O)(=O)O)CC(C1)C2C1CCC(C(C)C(CCCS(=O)(=O)O)C(C)C)CC1CCCS(=O)(=O)O. The largest absolute Gasteiger partial charge is 0.286 e. The van der Waals surface area contributed by atoms with Gasteiger partial charge in [0, 0.05) is 0 Å². The van der Waals surface area contributed by atoms with Gasteiger partial charge in [0.05, 0.1) is 17.3 Å². The Hall–Kier alpha value is -0.270. The van der Waals surface area contributed by atoms with Gasteiger partial charge in [-0.1, -0.05) is 27.7 Å². The van der Waals surface area contributed by atoms with Crippen molar-refractivity contribution in [2.45, 2.75) is 111 Å². The third-order valence-electron chi connectivity index (χ3n) is 11.6. The highest BCUT2D eigenvalue weighted by Crippen LogP contribution is 2.57. The summed E-state index contributed by atoms with van der Waals surface area (Å²) in [6.07, 6.45) is 11.5. The van der Waals surface area contributed by atoms with Crippen molar-refractivity contribution >= 4 is 30.4 Å². The van der Waals surface area contributed by atoms with Crippen molar-refractivity contribution in [3.8, 4) is 0 Å². The van der Waals surface area contributed by atoms with Crippen molar-refractivity contribution in [1.82, 2.24) is 0 Å². The number of rotatable bonds is 16. The van der Waals surface area contributed by atoms with Gasteiger partial charge in [-0.15, -0.1) is 0 Å². The first-order chi connectivity index (χ1) is 19.8. The Morgan fingerprint density at radius 3 is 1.70 bits per heavy atom. The van der Waals surface area contributed by atoms with E-state index in [1.807, 2.05) is 0 Å². The molecule has 0 saturated heterocycles. The van der Waals surface area contributed by atoms with E-state index in [4.69, 9.17) is 0 Å². The first kappa shape index (κ1) is 37.2. The van der Waals surface area contributed by atoms with Crippen LogP contribution >= 0.6 is 0 Å². The summed E-state index contributed by atoms with van der Waals surface area (Å²) in [5, 5.41) is 0. The summed E-state index contributed by atoms with van der Waals surface area (Å²) >= 11 is 0. The molecule has 254 valence electrons. The van der Waals surface area contributed by atoms with Crippen LogP contribution in [0.3, 0.4) is 0 Å². The van der Waals surface area contributed by atoms with E-state index in [0.717, 1.165) is 51.4 Å². The maximum Gasteiger partial charge on any atom is 0.264 e. The molecule has 0 heterocycles. The molecule has 0 aromatic rings. The standard InChI is InChI=1S/C31H58O9S3/c1-21(2)29(10-7-15-43(38,39)40)23(4)25-11-12-30(26(20-25)9-6-14-42(35,36)37)31-27-16-22(3)17-28(31)19-24(18-27)8-5-13-41(32,33)34/h21-31H,5-20H2,1-4H3,(H,32,33,34)(H,35,36,37)(H,38,39,40). The van der Waals surface area contributed by atoms with Crippen molar-refractivity contribution in [3.63, 3.8) is 0 Å². The molecule has 3 rings (SSSR count). The molecule has 0 aromatic heterocycles. The molecule has 3 aliphatic carbocycles. The van der Waals surface area contributed by atoms with Gasteiger partial charge in [-0.05, 0) is 149 Å². The van der Waals surface area contributed by atoms with Gasteiger partial charge < -0.3 is 0 Å². The monoisotopic (exact) mass is 670 g/mol. The third-order valence-corrected chi connectivity index (χ3v) is 14.0. The molecule has 3 aliphatic rings. The van der Waals surface area contributed by atoms with Gasteiger partial charge in [-0.3, -0.25) is 13.7 Å². The quantitative estimate of drug-likeness (QED) is 0.153. The van der Waals surface area contributed by atoms with Crippen LogP contribution < -0.4 is 0 Å². The van der Waals surface area contributed by atoms with E-state index in [1.165, 1.54) is 12.8 Å². The Labute approximate surface area is 262 Å². The molecule has 43 heavy (non-hydrogen) atoms. The minimum absolute atomic E-state index is 0.177. The van der Waals surface area contributed by atoms with E-state index >= 15 is 0 Å². The lowest BCUT2D eigenvalue weighted by Gasteiger charge is -2.55. The number of hydrogen-bond acceptors (Lipinski definition) is 6. The summed E-state index contributed by atoms with van der Waals surface area (Å²) in [7, 11) is -11.9. The Bertz CT molecular complexity index is 1180. The van der Waals surface area contributed by atoms with Crippen LogP contribution in [-0.4, -0.2) is 56.2 Å². The lowest BCUT2D eigenvalue weighted by Crippen LogP contribution is -2.46. The Kier molecular flexibility index (Phi) is 13.4. The highest BCUT2D eigenvalue weighted by Gasteiger charge is 2.49. The second-order valence-corrected chi connectivity index (χ2v) is 19.8. The van der Waals surface area contributed by atoms with E-state index < -0.39 is 30.4 Å². The van der Waals surface area contributed by atoms with Crippen LogP contribution in [0.25, 0.3) is 0 Å². The summed E-state index contributed by atoms with van der Waals surface area (Å²) in [6, 6.07) is 0. The van der Waals surface area contributed by atoms with Crippen molar-refractivity contribution in [3.05, 3.63) is 0 Å². The molecule has 3 saturated carbocycles. The fraction of sp³-hybridized carbons (Fsp3) is 1.00. The molecule has 3 fully saturated rings. The normalized spacial score (nSPS) is 33.8. The average molecular weight is 671 g/mol. The minimum Gasteiger partial charge on any atom is -0.286 e. The van der Waals surface area contributed by atoms with Gasteiger partial charge >= 0.3 is 0 Å². The average Bonchev–Trinajstić information content (AvgIpc) is 2.83. The van der Waals surface area contributed by atoms with Crippen molar-refractivity contribution < 1.29 is 38.9 Å². The summed E-state index contributed by atoms with van der Waals surface area (Å²) in [6.45, 7) is 8.99. The second-order valence-electron chi connectivity index (χ2n) is 15.1. The number of fused-ring (bicyclic) bond motifs is 2. The Morgan fingerprint density at radius 1 is 0.674 bits per heavy atom. The van der Waals surface area contributed by atoms with Crippen LogP contribution in [0.4, 0.5) is 0 Å². The van der Waals surface area contributed by atoms with Crippen LogP contribution in [0.1, 0.15) is 111 Å². The van der Waals surface area contributed by atoms with Crippen LogP contribution in [0.2, 0.25) is 0 Å². The molecular weight excluding hydrogens is 613 g/mol. The lowest BCUT2D eigenvalue weighted by atomic mass is 9.51. The summed E-state index contributed by atoms with van der Waals surface area (Å²) in [5.74, 6) is 4.68. The third kappa shape index (κ3) is 12.1. The fourth-order valence-corrected chi connectivity index (χ4v) is 11.6. The van der Waals surface area contributed by atoms with Crippen LogP contribution in [-0.2, 0) is 30.4 Å². The predicted octanol–water partition coefficient (Wildman–Crippen LogP) is 6.62. The molecule has 0 radical (unpaired) electrons. The van der Waals surface area contributed by atoms with Crippen molar-refractivity contribution in [2.75, 3.05) is 17.3 Å². The van der Waals surface area contributed by atoms with E-state index in [2.05, 4.69) is 27.7 Å². The van der Waals surface area contributed by atoms with Gasteiger partial charge in [0.2, 0.25) is 0 Å². The van der Waals surface area contributed by atoms with E-state index in [0.29, 0.717) is 84.4 Å². The summed E-state index contributed by atoms with van der Waals surface area (Å²) < 4.78 is 96.2. The van der Waals surface area contributed by atoms with Gasteiger partial charge in [0.25, 0.3) is 30.4 Å². The first-order valence-corrected chi connectivity index (χ1v) is 21.5. The summed E-state index contributed by atoms with van der Waals surface area (Å²) in [4.78, 5) is 0. The fourth-order valence-electron chi connectivity index (χ4n) is 10.00. The zero-order chi connectivity index (χ0) is 32.2. The maximum absolute atomic E-state index is 11.6. The molecule has 7 unspecified atom stereocenters. The van der Waals surface area contributed by atoms with Crippen LogP contribution in [0.15, 0.2) is 0 Å². The highest BCUT2D eigenvalue weighted by atomic mass is 32.2. The lowest BCUT2D eigenvalue weighted by molar-refractivity contribution is -0.0505. The second kappa shape index (κ2) is 15.5. The molecule has 0 spiro atoms. The van der Waals surface area contributed by atoms with Gasteiger partial charge in [0.1, 0.15) is 0 Å². The highest BCUT2D eigenvalue weighted by molar-refractivity contribution is 7.86. The predicted molar refractivity (Wildman–Crippen MR) is 170 cm³/mol. The topological polar surface area (TPSA) is 163 Å². The molecule has 12 heteroatoms. The van der Waals surface area contributed by atoms with Gasteiger partial charge in [-0.2, -0.15) is 25.3 Å². The first-order valence-electron chi connectivity index (χ1n) is 16.7. The number of hydrogen-bond donors (Lipinski definition) is 3. The zero-order valence-electron chi connectivity index (χ0n) is 26.7. The maximum atomic E-state index is 11.6. The zero-order valence-corrected chi connectivity index (χ0v) is 29.1. The molecular formula is C31H58O9S3. The molecule has 0 amide bonds. The van der Waals surface area contributed by atoms with E-state index in [-0.39, 0.29) is 17.3 Å². The molecule has 0 aliphatic heterocycles. The smallest absolute Gasteiger partial charge is 0.264 e. The van der Waals surface area contributed by atoms with Gasteiger partial charge in [-0.25, -0.2) is 0 Å². The van der Waals surface area contributed by atoms with Crippen molar-refractivity contribution in [1.29, 1.82) is 0 Å². The molecule has 3 N–H and O–H groups in total. The summed E-state index contributed by atoms with van der Waals surface area (Å²) in [5.41, 5.74) is 0. The molecule has 7 atom stereocenters. The van der Waals surface area contributed by atoms with Crippen LogP contribution in [0.5, 0.6) is 0 Å². The molecule has 2 bridgehead atoms. The van der Waals surface area contributed by atoms with Crippen molar-refractivity contribution in [2.24, 2.45) is 65.1 Å². The Balaban J connectivity index is 1.75.